The number of fused-ring (bicyclic) bond motifs is 1. The quantitative estimate of drug-likeness (QED) is 0.481. The van der Waals surface area contributed by atoms with Crippen LogP contribution in [0.15, 0.2) is 66.7 Å². The Morgan fingerprint density at radius 1 is 0.667 bits per heavy atom. The average molecular weight is 339 g/mol. The lowest BCUT2D eigenvalue weighted by molar-refractivity contribution is 0.865. The van der Waals surface area contributed by atoms with Gasteiger partial charge in [0.1, 0.15) is 0 Å². The second-order valence-electron chi connectivity index (χ2n) is 5.79. The zero-order valence-corrected chi connectivity index (χ0v) is 14.0. The van der Waals surface area contributed by atoms with E-state index in [9.17, 15) is 0 Å². The maximum Gasteiger partial charge on any atom is 0.0644 e. The Labute approximate surface area is 134 Å². The molecule has 3 aromatic carbocycles. The molecule has 1 heteroatoms. The SMILES string of the molecule is CC(C)c1ccc(C(Br)c2ccc3ccccc3c2)cc1. The van der Waals surface area contributed by atoms with Crippen molar-refractivity contribution < 1.29 is 0 Å². The van der Waals surface area contributed by atoms with Crippen LogP contribution in [0.5, 0.6) is 0 Å². The van der Waals surface area contributed by atoms with Crippen LogP contribution in [0.2, 0.25) is 0 Å². The highest BCUT2D eigenvalue weighted by Gasteiger charge is 2.11. The number of rotatable bonds is 3. The molecule has 0 bridgehead atoms. The highest BCUT2D eigenvalue weighted by atomic mass is 79.9. The van der Waals surface area contributed by atoms with Crippen molar-refractivity contribution in [1.82, 2.24) is 0 Å². The van der Waals surface area contributed by atoms with Gasteiger partial charge in [-0.1, -0.05) is 90.4 Å². The fourth-order valence-electron chi connectivity index (χ4n) is 2.61. The van der Waals surface area contributed by atoms with E-state index in [0.717, 1.165) is 0 Å². The standard InChI is InChI=1S/C20H19Br/c1-14(2)15-7-10-17(11-8-15)20(21)19-12-9-16-5-3-4-6-18(16)13-19/h3-14,20H,1-2H3. The summed E-state index contributed by atoms with van der Waals surface area (Å²) >= 11 is 3.84. The van der Waals surface area contributed by atoms with Crippen molar-refractivity contribution in [3.63, 3.8) is 0 Å². The third kappa shape index (κ3) is 3.03. The summed E-state index contributed by atoms with van der Waals surface area (Å²) in [5.41, 5.74) is 3.98. The molecule has 0 saturated carbocycles. The Hall–Kier alpha value is -1.60. The van der Waals surface area contributed by atoms with Crippen LogP contribution >= 0.6 is 15.9 Å². The average Bonchev–Trinajstić information content (AvgIpc) is 2.54. The third-order valence-electron chi connectivity index (χ3n) is 3.96. The molecule has 0 radical (unpaired) electrons. The first-order valence-corrected chi connectivity index (χ1v) is 8.29. The molecule has 0 nitrogen and oxygen atoms in total. The van der Waals surface area contributed by atoms with Gasteiger partial charge < -0.3 is 0 Å². The minimum Gasteiger partial charge on any atom is -0.0786 e. The summed E-state index contributed by atoms with van der Waals surface area (Å²) < 4.78 is 0. The second kappa shape index (κ2) is 6.03. The summed E-state index contributed by atoms with van der Waals surface area (Å²) in [6, 6.07) is 24.1. The van der Waals surface area contributed by atoms with E-state index in [1.807, 2.05) is 0 Å². The Morgan fingerprint density at radius 2 is 1.24 bits per heavy atom. The number of hydrogen-bond donors (Lipinski definition) is 0. The van der Waals surface area contributed by atoms with Crippen molar-refractivity contribution in [2.45, 2.75) is 24.6 Å². The van der Waals surface area contributed by atoms with Gasteiger partial charge >= 0.3 is 0 Å². The van der Waals surface area contributed by atoms with Crippen LogP contribution in [0.4, 0.5) is 0 Å². The molecule has 0 aliphatic carbocycles. The van der Waals surface area contributed by atoms with Gasteiger partial charge in [-0.2, -0.15) is 0 Å². The molecule has 1 atom stereocenters. The van der Waals surface area contributed by atoms with Crippen LogP contribution in [0.1, 0.15) is 41.3 Å². The van der Waals surface area contributed by atoms with Gasteiger partial charge in [-0.05, 0) is 39.4 Å². The van der Waals surface area contributed by atoms with E-state index >= 15 is 0 Å². The molecule has 0 aliphatic heterocycles. The molecule has 21 heavy (non-hydrogen) atoms. The molecular formula is C20H19Br. The fourth-order valence-corrected chi connectivity index (χ4v) is 3.20. The smallest absolute Gasteiger partial charge is 0.0644 e. The number of alkyl halides is 1. The molecular weight excluding hydrogens is 320 g/mol. The predicted molar refractivity (Wildman–Crippen MR) is 95.2 cm³/mol. The molecule has 0 aromatic heterocycles. The first-order valence-electron chi connectivity index (χ1n) is 7.38. The Bertz CT molecular complexity index is 741. The number of benzene rings is 3. The van der Waals surface area contributed by atoms with Gasteiger partial charge in [0.2, 0.25) is 0 Å². The van der Waals surface area contributed by atoms with Gasteiger partial charge in [0.25, 0.3) is 0 Å². The maximum atomic E-state index is 3.84. The van der Waals surface area contributed by atoms with Gasteiger partial charge in [0, 0.05) is 0 Å². The molecule has 0 amide bonds. The van der Waals surface area contributed by atoms with E-state index in [-0.39, 0.29) is 4.83 Å². The highest BCUT2D eigenvalue weighted by molar-refractivity contribution is 9.09. The fraction of sp³-hybridized carbons (Fsp3) is 0.200. The lowest BCUT2D eigenvalue weighted by atomic mass is 9.97. The molecule has 0 spiro atoms. The minimum atomic E-state index is 0.239. The topological polar surface area (TPSA) is 0 Å². The zero-order chi connectivity index (χ0) is 14.8. The van der Waals surface area contributed by atoms with E-state index in [4.69, 9.17) is 0 Å². The third-order valence-corrected chi connectivity index (χ3v) is 5.02. The van der Waals surface area contributed by atoms with Crippen LogP contribution in [0.25, 0.3) is 10.8 Å². The maximum absolute atomic E-state index is 3.84. The second-order valence-corrected chi connectivity index (χ2v) is 6.71. The lowest BCUT2D eigenvalue weighted by Gasteiger charge is -2.13. The molecule has 3 rings (SSSR count). The van der Waals surface area contributed by atoms with Crippen molar-refractivity contribution in [2.24, 2.45) is 0 Å². The van der Waals surface area contributed by atoms with E-state index in [0.29, 0.717) is 5.92 Å². The zero-order valence-electron chi connectivity index (χ0n) is 12.4. The first-order chi connectivity index (χ1) is 10.1. The van der Waals surface area contributed by atoms with Gasteiger partial charge in [-0.3, -0.25) is 0 Å². The highest BCUT2D eigenvalue weighted by Crippen LogP contribution is 2.33. The molecule has 0 heterocycles. The van der Waals surface area contributed by atoms with Gasteiger partial charge in [0.05, 0.1) is 4.83 Å². The monoisotopic (exact) mass is 338 g/mol. The van der Waals surface area contributed by atoms with Gasteiger partial charge in [-0.25, -0.2) is 0 Å². The lowest BCUT2D eigenvalue weighted by Crippen LogP contribution is -1.94. The van der Waals surface area contributed by atoms with E-state index in [1.165, 1.54) is 27.5 Å². The minimum absolute atomic E-state index is 0.239. The van der Waals surface area contributed by atoms with Crippen LogP contribution in [-0.4, -0.2) is 0 Å². The number of halogens is 1. The van der Waals surface area contributed by atoms with Crippen molar-refractivity contribution in [3.8, 4) is 0 Å². The van der Waals surface area contributed by atoms with Crippen molar-refractivity contribution in [1.29, 1.82) is 0 Å². The molecule has 1 unspecified atom stereocenters. The summed E-state index contributed by atoms with van der Waals surface area (Å²) in [4.78, 5) is 0.239. The summed E-state index contributed by atoms with van der Waals surface area (Å²) in [5.74, 6) is 0.577. The number of hydrogen-bond acceptors (Lipinski definition) is 0. The summed E-state index contributed by atoms with van der Waals surface area (Å²) in [6.07, 6.45) is 0. The van der Waals surface area contributed by atoms with E-state index < -0.39 is 0 Å². The van der Waals surface area contributed by atoms with Crippen LogP contribution in [0.3, 0.4) is 0 Å². The first kappa shape index (κ1) is 14.3. The van der Waals surface area contributed by atoms with Crippen LogP contribution in [0, 0.1) is 0 Å². The molecule has 3 aromatic rings. The van der Waals surface area contributed by atoms with Gasteiger partial charge in [0.15, 0.2) is 0 Å². The molecule has 0 saturated heterocycles. The Kier molecular flexibility index (Phi) is 4.12. The van der Waals surface area contributed by atoms with Crippen LogP contribution in [-0.2, 0) is 0 Å². The van der Waals surface area contributed by atoms with Crippen molar-refractivity contribution in [2.75, 3.05) is 0 Å². The van der Waals surface area contributed by atoms with E-state index in [2.05, 4.69) is 96.5 Å². The van der Waals surface area contributed by atoms with Crippen molar-refractivity contribution >= 4 is 26.7 Å². The molecule has 0 N–H and O–H groups in total. The molecule has 106 valence electrons. The summed E-state index contributed by atoms with van der Waals surface area (Å²) in [6.45, 7) is 4.45. The Balaban J connectivity index is 1.93. The largest absolute Gasteiger partial charge is 0.0786 e. The Morgan fingerprint density at radius 3 is 1.90 bits per heavy atom. The molecule has 0 fully saturated rings. The summed E-state index contributed by atoms with van der Waals surface area (Å²) in [5, 5.41) is 2.58. The van der Waals surface area contributed by atoms with Crippen molar-refractivity contribution in [3.05, 3.63) is 83.4 Å². The summed E-state index contributed by atoms with van der Waals surface area (Å²) in [7, 11) is 0. The molecule has 0 aliphatic rings. The predicted octanol–water partition coefficient (Wildman–Crippen LogP) is 6.45. The van der Waals surface area contributed by atoms with E-state index in [1.54, 1.807) is 0 Å². The van der Waals surface area contributed by atoms with Gasteiger partial charge in [-0.15, -0.1) is 0 Å². The normalized spacial score (nSPS) is 12.8. The van der Waals surface area contributed by atoms with Crippen LogP contribution < -0.4 is 0 Å².